The first kappa shape index (κ1) is 36.4. The molecule has 2 aliphatic rings. The molecule has 0 atom stereocenters. The van der Waals surface area contributed by atoms with Crippen molar-refractivity contribution in [2.24, 2.45) is 5.92 Å². The van der Waals surface area contributed by atoms with Gasteiger partial charge < -0.3 is 4.42 Å². The van der Waals surface area contributed by atoms with Gasteiger partial charge in [0, 0.05) is 22.1 Å². The number of hydrogen-bond acceptors (Lipinski definition) is 1. The first-order valence-electron chi connectivity index (χ1n) is 22.3. The van der Waals surface area contributed by atoms with E-state index >= 15 is 0 Å². The van der Waals surface area contributed by atoms with Crippen LogP contribution in [0.5, 0.6) is 0 Å². The molecule has 3 heterocycles. The largest absolute Gasteiger partial charge is 0.422 e. The number of furan rings is 1. The molecule has 0 amide bonds. The molecule has 4 aromatic carbocycles. The second-order valence-electron chi connectivity index (χ2n) is 17.9. The zero-order chi connectivity index (χ0) is 37.2. The maximum atomic E-state index is 7.17. The molecule has 2 fully saturated rings. The highest BCUT2D eigenvalue weighted by Gasteiger charge is 2.31. The molecule has 0 N–H and O–H groups in total. The number of nitrogens with zero attached hydrogens (tertiary/aromatic N) is 2. The predicted molar refractivity (Wildman–Crippen MR) is 234 cm³/mol. The van der Waals surface area contributed by atoms with Gasteiger partial charge >= 0.3 is 0 Å². The molecular formula is C52H62N2O. The van der Waals surface area contributed by atoms with Crippen molar-refractivity contribution in [3.8, 4) is 11.4 Å². The summed E-state index contributed by atoms with van der Waals surface area (Å²) in [6, 6.07) is 36.8. The zero-order valence-corrected chi connectivity index (χ0v) is 33.6. The first-order valence-corrected chi connectivity index (χ1v) is 22.3. The van der Waals surface area contributed by atoms with Gasteiger partial charge in [-0.3, -0.25) is 9.13 Å². The van der Waals surface area contributed by atoms with Gasteiger partial charge in [-0.2, -0.15) is 0 Å². The van der Waals surface area contributed by atoms with Crippen LogP contribution in [0.2, 0.25) is 0 Å². The third-order valence-electron chi connectivity index (χ3n) is 14.1. The number of benzene rings is 4. The number of para-hydroxylation sites is 2. The number of aromatic nitrogens is 2. The van der Waals surface area contributed by atoms with Crippen LogP contribution in [-0.4, -0.2) is 9.13 Å². The molecule has 3 heteroatoms. The molecule has 9 rings (SSSR count). The Hall–Kier alpha value is -4.24. The Morgan fingerprint density at radius 2 is 0.855 bits per heavy atom. The van der Waals surface area contributed by atoms with Crippen molar-refractivity contribution >= 4 is 44.0 Å². The minimum Gasteiger partial charge on any atom is -0.422 e. The van der Waals surface area contributed by atoms with Crippen LogP contribution in [0.25, 0.3) is 55.4 Å². The smallest absolute Gasteiger partial charge is 0.215 e. The SMILES string of the molecule is CC(C)(c1ccc(-n2c3ccccc3c3c4c5ccccc5n(-c5ccc(C6CCCCCCCCCC6)cc5)c4oc32)cc1)C1CCCCCCCCC1. The summed E-state index contributed by atoms with van der Waals surface area (Å²) in [4.78, 5) is 0. The number of rotatable bonds is 5. The van der Waals surface area contributed by atoms with E-state index in [2.05, 4.69) is 120 Å². The van der Waals surface area contributed by atoms with Crippen molar-refractivity contribution in [3.05, 3.63) is 108 Å². The standard InChI is InChI=1S/C52H62N2O/c1-52(2,40-24-16-12-8-5-9-13-17-25-40)41-32-36-43(37-33-41)54-47-29-21-19-27-45(47)49-48-44-26-18-20-28-46(44)53(50(48)55-51(49)54)42-34-30-39(31-35-42)38-22-14-10-6-3-4-7-11-15-23-38/h18-21,26-38,40H,3-17,22-25H2,1-2H3. The average Bonchev–Trinajstić information content (AvgIpc) is 3.84. The summed E-state index contributed by atoms with van der Waals surface area (Å²) in [5.74, 6) is 1.38. The lowest BCUT2D eigenvalue weighted by molar-refractivity contribution is 0.259. The van der Waals surface area contributed by atoms with E-state index in [-0.39, 0.29) is 5.41 Å². The summed E-state index contributed by atoms with van der Waals surface area (Å²) in [6.45, 7) is 5.00. The van der Waals surface area contributed by atoms with Gasteiger partial charge in [0.05, 0.1) is 21.8 Å². The zero-order valence-electron chi connectivity index (χ0n) is 33.6. The number of hydrogen-bond donors (Lipinski definition) is 0. The van der Waals surface area contributed by atoms with Gasteiger partial charge in [-0.05, 0) is 90.5 Å². The van der Waals surface area contributed by atoms with E-state index in [0.29, 0.717) is 5.92 Å². The lowest BCUT2D eigenvalue weighted by Crippen LogP contribution is -2.29. The van der Waals surface area contributed by atoms with Crippen LogP contribution in [0, 0.1) is 5.92 Å². The summed E-state index contributed by atoms with van der Waals surface area (Å²) < 4.78 is 11.9. The Kier molecular flexibility index (Phi) is 10.6. The Balaban J connectivity index is 1.11. The minimum atomic E-state index is 0.144. The molecule has 55 heavy (non-hydrogen) atoms. The lowest BCUT2D eigenvalue weighted by atomic mass is 9.69. The molecule has 0 aliphatic heterocycles. The second kappa shape index (κ2) is 16.1. The molecule has 0 saturated heterocycles. The molecule has 7 aromatic rings. The van der Waals surface area contributed by atoms with Gasteiger partial charge in [0.1, 0.15) is 0 Å². The van der Waals surface area contributed by atoms with Crippen molar-refractivity contribution in [1.82, 2.24) is 9.13 Å². The van der Waals surface area contributed by atoms with E-state index in [1.807, 2.05) is 0 Å². The second-order valence-corrected chi connectivity index (χ2v) is 17.9. The van der Waals surface area contributed by atoms with Crippen LogP contribution in [-0.2, 0) is 5.41 Å². The van der Waals surface area contributed by atoms with Crippen LogP contribution < -0.4 is 0 Å². The summed E-state index contributed by atoms with van der Waals surface area (Å²) in [7, 11) is 0. The van der Waals surface area contributed by atoms with Crippen molar-refractivity contribution in [2.75, 3.05) is 0 Å². The topological polar surface area (TPSA) is 23.0 Å². The highest BCUT2D eigenvalue weighted by atomic mass is 16.4. The molecule has 0 unspecified atom stereocenters. The fraction of sp³-hybridized carbons (Fsp3) is 0.462. The van der Waals surface area contributed by atoms with Crippen LogP contribution in [0.4, 0.5) is 0 Å². The average molecular weight is 731 g/mol. The van der Waals surface area contributed by atoms with Gasteiger partial charge in [0.15, 0.2) is 0 Å². The van der Waals surface area contributed by atoms with Gasteiger partial charge in [0.25, 0.3) is 0 Å². The Morgan fingerprint density at radius 3 is 1.33 bits per heavy atom. The van der Waals surface area contributed by atoms with Crippen LogP contribution in [0.3, 0.4) is 0 Å². The van der Waals surface area contributed by atoms with E-state index in [9.17, 15) is 0 Å². The molecule has 0 radical (unpaired) electrons. The first-order chi connectivity index (χ1) is 27.1. The van der Waals surface area contributed by atoms with E-state index in [0.717, 1.165) is 23.0 Å². The van der Waals surface area contributed by atoms with Crippen LogP contribution in [0.1, 0.15) is 153 Å². The van der Waals surface area contributed by atoms with Gasteiger partial charge in [-0.25, -0.2) is 0 Å². The predicted octanol–water partition coefficient (Wildman–Crippen LogP) is 15.9. The highest BCUT2D eigenvalue weighted by molar-refractivity contribution is 6.27. The maximum Gasteiger partial charge on any atom is 0.215 e. The fourth-order valence-corrected chi connectivity index (χ4v) is 10.7. The molecule has 2 saturated carbocycles. The van der Waals surface area contributed by atoms with E-state index in [4.69, 9.17) is 4.42 Å². The molecule has 0 spiro atoms. The highest BCUT2D eigenvalue weighted by Crippen LogP contribution is 2.45. The van der Waals surface area contributed by atoms with Crippen molar-refractivity contribution in [2.45, 2.75) is 147 Å². The third-order valence-corrected chi connectivity index (χ3v) is 14.1. The Labute approximate surface area is 329 Å². The fourth-order valence-electron chi connectivity index (χ4n) is 10.7. The monoisotopic (exact) mass is 730 g/mol. The van der Waals surface area contributed by atoms with E-state index in [1.165, 1.54) is 171 Å². The quantitative estimate of drug-likeness (QED) is 0.173. The summed E-state index contributed by atoms with van der Waals surface area (Å²) >= 11 is 0. The molecule has 3 nitrogen and oxygen atoms in total. The van der Waals surface area contributed by atoms with E-state index < -0.39 is 0 Å². The summed E-state index contributed by atoms with van der Waals surface area (Å²) in [6.07, 6.45) is 26.2. The molecule has 3 aromatic heterocycles. The third kappa shape index (κ3) is 7.06. The molecular weight excluding hydrogens is 669 g/mol. The molecule has 286 valence electrons. The van der Waals surface area contributed by atoms with Crippen molar-refractivity contribution < 1.29 is 4.42 Å². The molecule has 2 aliphatic carbocycles. The lowest BCUT2D eigenvalue weighted by Gasteiger charge is -2.36. The van der Waals surface area contributed by atoms with Crippen LogP contribution in [0.15, 0.2) is 101 Å². The normalized spacial score (nSPS) is 18.3. The van der Waals surface area contributed by atoms with E-state index in [1.54, 1.807) is 0 Å². The van der Waals surface area contributed by atoms with Crippen LogP contribution >= 0.6 is 0 Å². The van der Waals surface area contributed by atoms with Gasteiger partial charge in [0.2, 0.25) is 11.4 Å². The summed E-state index contributed by atoms with van der Waals surface area (Å²) in [5.41, 5.74) is 9.69. The van der Waals surface area contributed by atoms with Crippen molar-refractivity contribution in [3.63, 3.8) is 0 Å². The number of fused-ring (bicyclic) bond motifs is 7. The van der Waals surface area contributed by atoms with Crippen molar-refractivity contribution in [1.29, 1.82) is 0 Å². The Morgan fingerprint density at radius 1 is 0.455 bits per heavy atom. The Bertz CT molecular complexity index is 2320. The summed E-state index contributed by atoms with van der Waals surface area (Å²) in [5, 5.41) is 4.91. The molecule has 0 bridgehead atoms. The minimum absolute atomic E-state index is 0.144. The van der Waals surface area contributed by atoms with Gasteiger partial charge in [-0.15, -0.1) is 0 Å². The maximum absolute atomic E-state index is 7.17. The van der Waals surface area contributed by atoms with Gasteiger partial charge in [-0.1, -0.05) is 171 Å².